The average molecular weight is 307 g/mol. The highest BCUT2D eigenvalue weighted by Gasteiger charge is 2.37. The summed E-state index contributed by atoms with van der Waals surface area (Å²) in [5.41, 5.74) is 4.30. The molecular weight excluding hydrogens is 292 g/mol. The lowest BCUT2D eigenvalue weighted by Crippen LogP contribution is -2.29. The summed E-state index contributed by atoms with van der Waals surface area (Å²) >= 11 is 6.17. The maximum absolute atomic E-state index is 9.14. The van der Waals surface area contributed by atoms with E-state index in [1.165, 1.54) is 11.1 Å². The summed E-state index contributed by atoms with van der Waals surface area (Å²) in [6.07, 6.45) is 5.58. The number of nitrogens with zero attached hydrogens (tertiary/aromatic N) is 1. The van der Waals surface area contributed by atoms with Crippen molar-refractivity contribution in [2.24, 2.45) is 5.92 Å². The number of hydrogen-bond acceptors (Lipinski definition) is 2. The molecule has 3 atom stereocenters. The van der Waals surface area contributed by atoms with Crippen molar-refractivity contribution in [3.05, 3.63) is 76.3 Å². The maximum Gasteiger partial charge on any atom is 0.0991 e. The van der Waals surface area contributed by atoms with E-state index in [4.69, 9.17) is 16.9 Å². The monoisotopic (exact) mass is 306 g/mol. The minimum Gasteiger partial charge on any atom is -0.378 e. The van der Waals surface area contributed by atoms with Crippen molar-refractivity contribution in [3.63, 3.8) is 0 Å². The number of anilines is 1. The van der Waals surface area contributed by atoms with Crippen molar-refractivity contribution < 1.29 is 0 Å². The zero-order valence-electron chi connectivity index (χ0n) is 12.0. The molecule has 3 heteroatoms. The normalized spacial score (nSPS) is 25.0. The molecule has 0 saturated heterocycles. The average Bonchev–Trinajstić information content (AvgIpc) is 3.03. The number of nitrogens with one attached hydrogen (secondary N) is 1. The molecule has 2 aliphatic rings. The number of halogens is 1. The van der Waals surface area contributed by atoms with Crippen LogP contribution in [-0.2, 0) is 0 Å². The molecule has 3 unspecified atom stereocenters. The SMILES string of the molecule is N#Cc1ccc2c(c1)C1C=CCC1C(c1cccc(Cl)c1)N2. The van der Waals surface area contributed by atoms with E-state index in [-0.39, 0.29) is 6.04 Å². The Morgan fingerprint density at radius 3 is 2.91 bits per heavy atom. The largest absolute Gasteiger partial charge is 0.378 e. The molecule has 1 aliphatic carbocycles. The minimum absolute atomic E-state index is 0.249. The van der Waals surface area contributed by atoms with Crippen LogP contribution < -0.4 is 5.32 Å². The van der Waals surface area contributed by atoms with E-state index in [1.807, 2.05) is 36.4 Å². The summed E-state index contributed by atoms with van der Waals surface area (Å²) in [6, 6.07) is 16.5. The topological polar surface area (TPSA) is 35.8 Å². The Labute approximate surface area is 135 Å². The zero-order chi connectivity index (χ0) is 15.1. The number of benzene rings is 2. The molecule has 1 N–H and O–H groups in total. The van der Waals surface area contributed by atoms with Crippen LogP contribution >= 0.6 is 11.6 Å². The van der Waals surface area contributed by atoms with E-state index >= 15 is 0 Å². The molecular formula is C19H15ClN2. The predicted molar refractivity (Wildman–Crippen MR) is 89.0 cm³/mol. The highest BCUT2D eigenvalue weighted by atomic mass is 35.5. The van der Waals surface area contributed by atoms with Gasteiger partial charge in [-0.15, -0.1) is 0 Å². The van der Waals surface area contributed by atoms with Crippen molar-refractivity contribution in [1.29, 1.82) is 5.26 Å². The third-order valence-corrected chi connectivity index (χ3v) is 4.93. The standard InChI is InChI=1S/C19H15ClN2/c20-14-4-1-3-13(10-14)19-16-6-2-5-15(16)17-9-12(11-21)7-8-18(17)22-19/h1-5,7-10,15-16,19,22H,6H2. The number of nitriles is 1. The zero-order valence-corrected chi connectivity index (χ0v) is 12.7. The molecule has 0 fully saturated rings. The molecule has 2 aromatic carbocycles. The van der Waals surface area contributed by atoms with Gasteiger partial charge in [-0.05, 0) is 53.8 Å². The second kappa shape index (κ2) is 5.19. The fourth-order valence-electron chi connectivity index (χ4n) is 3.69. The van der Waals surface area contributed by atoms with Gasteiger partial charge < -0.3 is 5.32 Å². The predicted octanol–water partition coefficient (Wildman–Crippen LogP) is 5.04. The van der Waals surface area contributed by atoms with Gasteiger partial charge in [0.25, 0.3) is 0 Å². The molecule has 22 heavy (non-hydrogen) atoms. The molecule has 2 aromatic rings. The third kappa shape index (κ3) is 2.10. The van der Waals surface area contributed by atoms with Crippen LogP contribution in [0.3, 0.4) is 0 Å². The van der Waals surface area contributed by atoms with E-state index in [2.05, 4.69) is 29.6 Å². The van der Waals surface area contributed by atoms with Gasteiger partial charge in [0.1, 0.15) is 0 Å². The second-order valence-electron chi connectivity index (χ2n) is 5.94. The lowest BCUT2D eigenvalue weighted by atomic mass is 9.76. The Bertz CT molecular complexity index is 803. The van der Waals surface area contributed by atoms with Gasteiger partial charge in [-0.2, -0.15) is 5.26 Å². The summed E-state index contributed by atoms with van der Waals surface area (Å²) in [6.45, 7) is 0. The number of rotatable bonds is 1. The molecule has 1 heterocycles. The van der Waals surface area contributed by atoms with Crippen LogP contribution in [0.5, 0.6) is 0 Å². The summed E-state index contributed by atoms with van der Waals surface area (Å²) in [7, 11) is 0. The Balaban J connectivity index is 1.80. The molecule has 4 rings (SSSR count). The first-order valence-corrected chi connectivity index (χ1v) is 7.87. The van der Waals surface area contributed by atoms with E-state index < -0.39 is 0 Å². The van der Waals surface area contributed by atoms with Gasteiger partial charge in [-0.3, -0.25) is 0 Å². The van der Waals surface area contributed by atoms with Crippen LogP contribution in [0.4, 0.5) is 5.69 Å². The molecule has 2 nitrogen and oxygen atoms in total. The van der Waals surface area contributed by atoms with E-state index in [9.17, 15) is 0 Å². The van der Waals surface area contributed by atoms with Crippen molar-refractivity contribution in [1.82, 2.24) is 0 Å². The molecule has 1 aliphatic heterocycles. The number of hydrogen-bond donors (Lipinski definition) is 1. The number of allylic oxidation sites excluding steroid dienone is 2. The fraction of sp³-hybridized carbons (Fsp3) is 0.211. The van der Waals surface area contributed by atoms with Crippen LogP contribution in [0.1, 0.15) is 35.1 Å². The molecule has 0 amide bonds. The van der Waals surface area contributed by atoms with E-state index in [0.717, 1.165) is 22.7 Å². The maximum atomic E-state index is 9.14. The first-order valence-electron chi connectivity index (χ1n) is 7.49. The first kappa shape index (κ1) is 13.4. The van der Waals surface area contributed by atoms with Crippen molar-refractivity contribution in [2.45, 2.75) is 18.4 Å². The van der Waals surface area contributed by atoms with Gasteiger partial charge in [0.05, 0.1) is 17.7 Å². The van der Waals surface area contributed by atoms with Gasteiger partial charge in [0.15, 0.2) is 0 Å². The van der Waals surface area contributed by atoms with Crippen LogP contribution in [-0.4, -0.2) is 0 Å². The Morgan fingerprint density at radius 2 is 2.09 bits per heavy atom. The van der Waals surface area contributed by atoms with E-state index in [1.54, 1.807) is 0 Å². The summed E-state index contributed by atoms with van der Waals surface area (Å²) in [4.78, 5) is 0. The Kier molecular flexibility index (Phi) is 3.17. The molecule has 0 aromatic heterocycles. The van der Waals surface area contributed by atoms with Gasteiger partial charge in [-0.1, -0.05) is 35.9 Å². The van der Waals surface area contributed by atoms with Crippen molar-refractivity contribution >= 4 is 17.3 Å². The molecule has 0 saturated carbocycles. The number of fused-ring (bicyclic) bond motifs is 3. The summed E-state index contributed by atoms with van der Waals surface area (Å²) in [5, 5.41) is 13.6. The molecule has 0 spiro atoms. The lowest BCUT2D eigenvalue weighted by Gasteiger charge is -2.37. The first-order chi connectivity index (χ1) is 10.8. The smallest absolute Gasteiger partial charge is 0.0991 e. The third-order valence-electron chi connectivity index (χ3n) is 4.70. The van der Waals surface area contributed by atoms with Crippen molar-refractivity contribution in [3.8, 4) is 6.07 Å². The summed E-state index contributed by atoms with van der Waals surface area (Å²) in [5.74, 6) is 0.841. The fourth-order valence-corrected chi connectivity index (χ4v) is 3.89. The van der Waals surface area contributed by atoms with Gasteiger partial charge in [0.2, 0.25) is 0 Å². The van der Waals surface area contributed by atoms with Crippen LogP contribution in [0.2, 0.25) is 5.02 Å². The van der Waals surface area contributed by atoms with E-state index in [0.29, 0.717) is 11.8 Å². The van der Waals surface area contributed by atoms with Crippen LogP contribution in [0.25, 0.3) is 0 Å². The lowest BCUT2D eigenvalue weighted by molar-refractivity contribution is 0.425. The second-order valence-corrected chi connectivity index (χ2v) is 6.38. The van der Waals surface area contributed by atoms with Crippen LogP contribution in [0, 0.1) is 17.2 Å². The quantitative estimate of drug-likeness (QED) is 0.749. The highest BCUT2D eigenvalue weighted by Crippen LogP contribution is 2.50. The molecule has 0 bridgehead atoms. The van der Waals surface area contributed by atoms with Gasteiger partial charge >= 0.3 is 0 Å². The molecule has 108 valence electrons. The van der Waals surface area contributed by atoms with Gasteiger partial charge in [-0.25, -0.2) is 0 Å². The highest BCUT2D eigenvalue weighted by molar-refractivity contribution is 6.30. The Hall–Kier alpha value is -2.24. The summed E-state index contributed by atoms with van der Waals surface area (Å²) < 4.78 is 0. The molecule has 0 radical (unpaired) electrons. The Morgan fingerprint density at radius 1 is 1.18 bits per heavy atom. The van der Waals surface area contributed by atoms with Crippen LogP contribution in [0.15, 0.2) is 54.6 Å². The van der Waals surface area contributed by atoms with Crippen molar-refractivity contribution in [2.75, 3.05) is 5.32 Å². The van der Waals surface area contributed by atoms with Gasteiger partial charge in [0, 0.05) is 16.6 Å². The minimum atomic E-state index is 0.249.